The fraction of sp³-hybridized carbons (Fsp3) is 0.529. The minimum Gasteiger partial charge on any atom is -0.465 e. The monoisotopic (exact) mass is 320 g/mol. The Balaban J connectivity index is 1.88. The summed E-state index contributed by atoms with van der Waals surface area (Å²) in [5.74, 6) is -0.334. The van der Waals surface area contributed by atoms with E-state index < -0.39 is 11.7 Å². The maximum absolute atomic E-state index is 12.0. The highest BCUT2D eigenvalue weighted by molar-refractivity contribution is 5.90. The first kappa shape index (κ1) is 17.1. The van der Waals surface area contributed by atoms with E-state index in [1.165, 1.54) is 4.90 Å². The number of benzene rings is 1. The second kappa shape index (κ2) is 6.89. The van der Waals surface area contributed by atoms with Crippen LogP contribution in [0.15, 0.2) is 24.3 Å². The van der Waals surface area contributed by atoms with Crippen LogP contribution in [0.5, 0.6) is 0 Å². The van der Waals surface area contributed by atoms with Crippen molar-refractivity contribution in [2.75, 3.05) is 18.4 Å². The molecule has 1 fully saturated rings. The van der Waals surface area contributed by atoms with Crippen molar-refractivity contribution in [3.8, 4) is 0 Å². The lowest BCUT2D eigenvalue weighted by atomic mass is 10.0. The van der Waals surface area contributed by atoms with E-state index in [1.54, 1.807) is 12.1 Å². The maximum Gasteiger partial charge on any atom is 0.407 e. The van der Waals surface area contributed by atoms with Crippen LogP contribution in [-0.4, -0.2) is 46.8 Å². The molecule has 0 saturated carbocycles. The van der Waals surface area contributed by atoms with E-state index in [2.05, 4.69) is 5.32 Å². The van der Waals surface area contributed by atoms with Crippen molar-refractivity contribution in [3.05, 3.63) is 29.8 Å². The highest BCUT2D eigenvalue weighted by Crippen LogP contribution is 2.19. The number of piperidine rings is 1. The largest absolute Gasteiger partial charge is 0.465 e. The third-order valence-corrected chi connectivity index (χ3v) is 3.66. The number of amides is 1. The number of carboxylic acid groups (broad SMARTS) is 1. The molecule has 23 heavy (non-hydrogen) atoms. The lowest BCUT2D eigenvalue weighted by molar-refractivity contribution is 0.00695. The van der Waals surface area contributed by atoms with Gasteiger partial charge in [0.05, 0.1) is 5.56 Å². The van der Waals surface area contributed by atoms with Gasteiger partial charge >= 0.3 is 12.1 Å². The van der Waals surface area contributed by atoms with Crippen LogP contribution in [0.3, 0.4) is 0 Å². The van der Waals surface area contributed by atoms with Gasteiger partial charge in [-0.05, 0) is 57.9 Å². The SMILES string of the molecule is CC(C)(C)OC(=O)c1ccc(NC2CCN(C(=O)O)CC2)cc1. The van der Waals surface area contributed by atoms with Gasteiger partial charge in [0.25, 0.3) is 0 Å². The molecule has 1 heterocycles. The van der Waals surface area contributed by atoms with Gasteiger partial charge in [-0.2, -0.15) is 0 Å². The maximum atomic E-state index is 12.0. The van der Waals surface area contributed by atoms with Crippen LogP contribution in [0.4, 0.5) is 10.5 Å². The molecular weight excluding hydrogens is 296 g/mol. The number of hydrogen-bond acceptors (Lipinski definition) is 4. The molecule has 0 aliphatic carbocycles. The van der Waals surface area contributed by atoms with E-state index >= 15 is 0 Å². The van der Waals surface area contributed by atoms with Gasteiger partial charge in [0.1, 0.15) is 5.60 Å². The predicted molar refractivity (Wildman–Crippen MR) is 87.9 cm³/mol. The summed E-state index contributed by atoms with van der Waals surface area (Å²) >= 11 is 0. The predicted octanol–water partition coefficient (Wildman–Crippen LogP) is 3.20. The molecule has 6 heteroatoms. The van der Waals surface area contributed by atoms with Gasteiger partial charge < -0.3 is 20.1 Å². The zero-order valence-electron chi connectivity index (χ0n) is 13.8. The average Bonchev–Trinajstić information content (AvgIpc) is 2.46. The lowest BCUT2D eigenvalue weighted by Crippen LogP contribution is -2.41. The van der Waals surface area contributed by atoms with Gasteiger partial charge in [-0.25, -0.2) is 9.59 Å². The minimum absolute atomic E-state index is 0.248. The van der Waals surface area contributed by atoms with E-state index in [4.69, 9.17) is 9.84 Å². The smallest absolute Gasteiger partial charge is 0.407 e. The van der Waals surface area contributed by atoms with Crippen molar-refractivity contribution < 1.29 is 19.4 Å². The molecule has 0 radical (unpaired) electrons. The lowest BCUT2D eigenvalue weighted by Gasteiger charge is -2.31. The van der Waals surface area contributed by atoms with Crippen LogP contribution in [0, 0.1) is 0 Å². The Labute approximate surface area is 136 Å². The Morgan fingerprint density at radius 1 is 1.17 bits per heavy atom. The number of anilines is 1. The van der Waals surface area contributed by atoms with Crippen molar-refractivity contribution in [2.45, 2.75) is 45.3 Å². The zero-order chi connectivity index (χ0) is 17.0. The molecule has 6 nitrogen and oxygen atoms in total. The number of esters is 1. The topological polar surface area (TPSA) is 78.9 Å². The fourth-order valence-corrected chi connectivity index (χ4v) is 2.49. The molecular formula is C17H24N2O4. The normalized spacial score (nSPS) is 16.0. The second-order valence-electron chi connectivity index (χ2n) is 6.77. The van der Waals surface area contributed by atoms with Crippen molar-refractivity contribution in [1.82, 2.24) is 4.90 Å². The third-order valence-electron chi connectivity index (χ3n) is 3.66. The van der Waals surface area contributed by atoms with Gasteiger partial charge in [-0.1, -0.05) is 0 Å². The van der Waals surface area contributed by atoms with Crippen LogP contribution in [-0.2, 0) is 4.74 Å². The van der Waals surface area contributed by atoms with E-state index in [-0.39, 0.29) is 12.0 Å². The first-order valence-corrected chi connectivity index (χ1v) is 7.82. The number of nitrogens with zero attached hydrogens (tertiary/aromatic N) is 1. The number of carbonyl (C=O) groups is 2. The molecule has 1 aromatic rings. The number of carbonyl (C=O) groups excluding carboxylic acids is 1. The van der Waals surface area contributed by atoms with Crippen LogP contribution in [0.25, 0.3) is 0 Å². The van der Waals surface area contributed by atoms with Crippen LogP contribution >= 0.6 is 0 Å². The molecule has 0 bridgehead atoms. The molecule has 1 amide bonds. The highest BCUT2D eigenvalue weighted by Gasteiger charge is 2.22. The molecule has 2 N–H and O–H groups in total. The molecule has 1 aromatic carbocycles. The Hall–Kier alpha value is -2.24. The Kier molecular flexibility index (Phi) is 5.13. The molecule has 1 aliphatic rings. The van der Waals surface area contributed by atoms with Crippen LogP contribution < -0.4 is 5.32 Å². The number of likely N-dealkylation sites (tertiary alicyclic amines) is 1. The molecule has 1 aliphatic heterocycles. The van der Waals surface area contributed by atoms with Gasteiger partial charge in [0.2, 0.25) is 0 Å². The minimum atomic E-state index is -0.856. The summed E-state index contributed by atoms with van der Waals surface area (Å²) in [5, 5.41) is 12.3. The van der Waals surface area contributed by atoms with Crippen molar-refractivity contribution in [2.24, 2.45) is 0 Å². The number of ether oxygens (including phenoxy) is 1. The summed E-state index contributed by atoms with van der Waals surface area (Å²) in [7, 11) is 0. The average molecular weight is 320 g/mol. The standard InChI is InChI=1S/C17H24N2O4/c1-17(2,3)23-15(20)12-4-6-13(7-5-12)18-14-8-10-19(11-9-14)16(21)22/h4-7,14,18H,8-11H2,1-3H3,(H,21,22). The van der Waals surface area contributed by atoms with E-state index in [0.717, 1.165) is 18.5 Å². The summed E-state index contributed by atoms with van der Waals surface area (Å²) in [6.07, 6.45) is 0.699. The molecule has 126 valence electrons. The van der Waals surface area contributed by atoms with E-state index in [1.807, 2.05) is 32.9 Å². The quantitative estimate of drug-likeness (QED) is 0.836. The summed E-state index contributed by atoms with van der Waals surface area (Å²) in [6, 6.07) is 7.43. The summed E-state index contributed by atoms with van der Waals surface area (Å²) in [6.45, 7) is 6.60. The number of hydrogen-bond donors (Lipinski definition) is 2. The third kappa shape index (κ3) is 5.16. The van der Waals surface area contributed by atoms with Gasteiger partial charge in [-0.15, -0.1) is 0 Å². The Bertz CT molecular complexity index is 555. The van der Waals surface area contributed by atoms with Gasteiger partial charge in [-0.3, -0.25) is 0 Å². The van der Waals surface area contributed by atoms with Crippen molar-refractivity contribution >= 4 is 17.7 Å². The Morgan fingerprint density at radius 2 is 1.74 bits per heavy atom. The Morgan fingerprint density at radius 3 is 2.22 bits per heavy atom. The van der Waals surface area contributed by atoms with E-state index in [0.29, 0.717) is 18.7 Å². The summed E-state index contributed by atoms with van der Waals surface area (Å²) < 4.78 is 5.33. The zero-order valence-corrected chi connectivity index (χ0v) is 13.8. The fourth-order valence-electron chi connectivity index (χ4n) is 2.49. The van der Waals surface area contributed by atoms with Crippen LogP contribution in [0.2, 0.25) is 0 Å². The molecule has 0 atom stereocenters. The molecule has 2 rings (SSSR count). The second-order valence-corrected chi connectivity index (χ2v) is 6.77. The molecule has 0 unspecified atom stereocenters. The molecule has 1 saturated heterocycles. The summed E-state index contributed by atoms with van der Waals surface area (Å²) in [4.78, 5) is 24.3. The number of rotatable bonds is 3. The van der Waals surface area contributed by atoms with Gasteiger partial charge in [0.15, 0.2) is 0 Å². The summed E-state index contributed by atoms with van der Waals surface area (Å²) in [5.41, 5.74) is 0.934. The first-order chi connectivity index (χ1) is 10.7. The molecule has 0 aromatic heterocycles. The number of nitrogens with one attached hydrogen (secondary N) is 1. The first-order valence-electron chi connectivity index (χ1n) is 7.82. The van der Waals surface area contributed by atoms with E-state index in [9.17, 15) is 9.59 Å². The van der Waals surface area contributed by atoms with Crippen molar-refractivity contribution in [1.29, 1.82) is 0 Å². The molecule has 0 spiro atoms. The van der Waals surface area contributed by atoms with Crippen LogP contribution in [0.1, 0.15) is 44.0 Å². The van der Waals surface area contributed by atoms with Gasteiger partial charge in [0, 0.05) is 24.8 Å². The highest BCUT2D eigenvalue weighted by atomic mass is 16.6. The van der Waals surface area contributed by atoms with Crippen molar-refractivity contribution in [3.63, 3.8) is 0 Å².